The van der Waals surface area contributed by atoms with Gasteiger partial charge in [-0.15, -0.1) is 23.2 Å². The van der Waals surface area contributed by atoms with Crippen LogP contribution in [0.3, 0.4) is 0 Å². The monoisotopic (exact) mass is 368 g/mol. The summed E-state index contributed by atoms with van der Waals surface area (Å²) in [6.45, 7) is 0. The van der Waals surface area contributed by atoms with E-state index in [9.17, 15) is 9.59 Å². The molecule has 9 heteroatoms. The fourth-order valence-corrected chi connectivity index (χ4v) is 5.73. The molecular weight excluding hydrogens is 369 g/mol. The molecule has 0 aromatic heterocycles. The minimum atomic E-state index is -1.89. The molecule has 2 bridgehead atoms. The number of ether oxygens (including phenoxy) is 1. The van der Waals surface area contributed by atoms with Gasteiger partial charge in [0.05, 0.1) is 10.1 Å². The molecular formula is C9H2Cl6O3. The second-order valence-electron chi connectivity index (χ2n) is 4.32. The molecule has 0 N–H and O–H groups in total. The van der Waals surface area contributed by atoms with Crippen LogP contribution in [0.1, 0.15) is 0 Å². The van der Waals surface area contributed by atoms with Crippen LogP contribution >= 0.6 is 69.6 Å². The van der Waals surface area contributed by atoms with Crippen LogP contribution < -0.4 is 0 Å². The lowest BCUT2D eigenvalue weighted by molar-refractivity contribution is -0.154. The Morgan fingerprint density at radius 1 is 0.833 bits per heavy atom. The van der Waals surface area contributed by atoms with Crippen molar-refractivity contribution >= 4 is 81.5 Å². The van der Waals surface area contributed by atoms with Crippen molar-refractivity contribution in [3.63, 3.8) is 0 Å². The largest absolute Gasteiger partial charge is 0.393 e. The molecule has 98 valence electrons. The average molecular weight is 371 g/mol. The summed E-state index contributed by atoms with van der Waals surface area (Å²) in [4.78, 5) is 19.9. The zero-order valence-corrected chi connectivity index (χ0v) is 12.7. The smallest absolute Gasteiger partial charge is 0.319 e. The Morgan fingerprint density at radius 2 is 1.17 bits per heavy atom. The Balaban J connectivity index is 2.37. The molecule has 0 aromatic carbocycles. The molecule has 18 heavy (non-hydrogen) atoms. The zero-order chi connectivity index (χ0) is 13.7. The summed E-state index contributed by atoms with van der Waals surface area (Å²) in [7, 11) is 0. The van der Waals surface area contributed by atoms with Gasteiger partial charge in [-0.2, -0.15) is 0 Å². The Kier molecular flexibility index (Phi) is 2.60. The number of alkyl halides is 4. The first kappa shape index (κ1) is 13.6. The van der Waals surface area contributed by atoms with Crippen molar-refractivity contribution in [3.8, 4) is 0 Å². The molecule has 0 aromatic rings. The van der Waals surface area contributed by atoms with Crippen LogP contribution in [0, 0.1) is 11.8 Å². The van der Waals surface area contributed by atoms with Crippen LogP contribution in [-0.2, 0) is 14.3 Å². The summed E-state index contributed by atoms with van der Waals surface area (Å²) >= 11 is 36.9. The highest BCUT2D eigenvalue weighted by atomic mass is 35.5. The van der Waals surface area contributed by atoms with E-state index in [1.54, 1.807) is 0 Å². The maximum absolute atomic E-state index is 11.7. The lowest BCUT2D eigenvalue weighted by Gasteiger charge is -2.32. The predicted octanol–water partition coefficient (Wildman–Crippen LogP) is 3.15. The Morgan fingerprint density at radius 3 is 1.50 bits per heavy atom. The Bertz CT molecular complexity index is 498. The van der Waals surface area contributed by atoms with Crippen LogP contribution in [-0.4, -0.2) is 26.0 Å². The van der Waals surface area contributed by atoms with Gasteiger partial charge in [0.2, 0.25) is 0 Å². The van der Waals surface area contributed by atoms with Crippen molar-refractivity contribution in [2.75, 3.05) is 0 Å². The van der Waals surface area contributed by atoms with Crippen LogP contribution in [0.5, 0.6) is 0 Å². The minimum absolute atomic E-state index is 0.126. The maximum atomic E-state index is 11.7. The van der Waals surface area contributed by atoms with Crippen molar-refractivity contribution in [2.24, 2.45) is 11.8 Å². The van der Waals surface area contributed by atoms with Gasteiger partial charge in [0, 0.05) is 0 Å². The highest BCUT2D eigenvalue weighted by Crippen LogP contribution is 2.77. The molecule has 1 saturated carbocycles. The molecule has 0 unspecified atom stereocenters. The van der Waals surface area contributed by atoms with E-state index in [-0.39, 0.29) is 10.1 Å². The van der Waals surface area contributed by atoms with Gasteiger partial charge in [-0.1, -0.05) is 46.4 Å². The number of hydrogen-bond donors (Lipinski definition) is 0. The zero-order valence-electron chi connectivity index (χ0n) is 8.15. The number of hydrogen-bond acceptors (Lipinski definition) is 3. The van der Waals surface area contributed by atoms with Gasteiger partial charge in [0.1, 0.15) is 21.6 Å². The van der Waals surface area contributed by atoms with E-state index in [1.807, 2.05) is 0 Å². The molecule has 2 aliphatic carbocycles. The van der Waals surface area contributed by atoms with E-state index in [4.69, 9.17) is 69.6 Å². The Hall–Kier alpha value is 0.620. The molecule has 2 fully saturated rings. The maximum Gasteiger partial charge on any atom is 0.319 e. The number of rotatable bonds is 0. The lowest BCUT2D eigenvalue weighted by atomic mass is 9.84. The highest BCUT2D eigenvalue weighted by molar-refractivity contribution is 6.66. The molecule has 0 radical (unpaired) electrons. The van der Waals surface area contributed by atoms with Crippen molar-refractivity contribution in [2.45, 2.75) is 14.1 Å². The van der Waals surface area contributed by atoms with Crippen LogP contribution in [0.25, 0.3) is 0 Å². The van der Waals surface area contributed by atoms with Crippen LogP contribution in [0.2, 0.25) is 0 Å². The number of carbonyl (C=O) groups excluding carboxylic acids is 2. The molecule has 3 nitrogen and oxygen atoms in total. The first-order valence-corrected chi connectivity index (χ1v) is 6.96. The van der Waals surface area contributed by atoms with Gasteiger partial charge < -0.3 is 4.74 Å². The third-order valence-corrected chi connectivity index (χ3v) is 7.90. The molecule has 0 amide bonds. The van der Waals surface area contributed by atoms with Crippen LogP contribution in [0.4, 0.5) is 0 Å². The number of esters is 2. The second-order valence-corrected chi connectivity index (χ2v) is 7.60. The normalized spacial score (nSPS) is 48.8. The molecule has 1 heterocycles. The van der Waals surface area contributed by atoms with Gasteiger partial charge in [-0.05, 0) is 0 Å². The lowest BCUT2D eigenvalue weighted by Crippen LogP contribution is -2.47. The number of halogens is 6. The molecule has 1 saturated heterocycles. The average Bonchev–Trinajstić information content (AvgIpc) is 2.68. The molecule has 0 spiro atoms. The van der Waals surface area contributed by atoms with Gasteiger partial charge in [-0.3, -0.25) is 9.59 Å². The minimum Gasteiger partial charge on any atom is -0.393 e. The number of carbonyl (C=O) groups is 2. The topological polar surface area (TPSA) is 43.4 Å². The first-order valence-electron chi connectivity index (χ1n) is 4.69. The van der Waals surface area contributed by atoms with Crippen molar-refractivity contribution in [1.82, 2.24) is 0 Å². The third-order valence-electron chi connectivity index (χ3n) is 3.64. The van der Waals surface area contributed by atoms with E-state index in [0.29, 0.717) is 0 Å². The van der Waals surface area contributed by atoms with E-state index in [1.165, 1.54) is 0 Å². The van der Waals surface area contributed by atoms with Crippen molar-refractivity contribution < 1.29 is 14.3 Å². The molecule has 1 aliphatic heterocycles. The van der Waals surface area contributed by atoms with Crippen molar-refractivity contribution in [3.05, 3.63) is 10.1 Å². The summed E-state index contributed by atoms with van der Waals surface area (Å²) in [5.41, 5.74) is 0. The van der Waals surface area contributed by atoms with E-state index < -0.39 is 37.9 Å². The van der Waals surface area contributed by atoms with Crippen LogP contribution in [0.15, 0.2) is 10.1 Å². The fourth-order valence-electron chi connectivity index (χ4n) is 2.81. The summed E-state index contributed by atoms with van der Waals surface area (Å²) in [5.74, 6) is -3.99. The number of allylic oxidation sites excluding steroid dienone is 2. The van der Waals surface area contributed by atoms with Gasteiger partial charge in [0.15, 0.2) is 4.33 Å². The standard InChI is InChI=1S/C9H2Cl6O3/c10-3-4(11)8(13)2-1(5(16)18-6(2)17)7(3,12)9(8,14)15/h1-2H/t1-,2+,7+,8-. The predicted molar refractivity (Wildman–Crippen MR) is 68.4 cm³/mol. The first-order chi connectivity index (χ1) is 8.11. The highest BCUT2D eigenvalue weighted by Gasteiger charge is 2.87. The van der Waals surface area contributed by atoms with Gasteiger partial charge >= 0.3 is 11.9 Å². The number of cyclic esters (lactones) is 2. The van der Waals surface area contributed by atoms with E-state index in [0.717, 1.165) is 0 Å². The summed E-state index contributed by atoms with van der Waals surface area (Å²) in [6, 6.07) is 0. The number of fused-ring (bicyclic) bond motifs is 5. The van der Waals surface area contributed by atoms with Gasteiger partial charge in [0.25, 0.3) is 0 Å². The quantitative estimate of drug-likeness (QED) is 0.374. The summed E-state index contributed by atoms with van der Waals surface area (Å²) in [5, 5.41) is -0.252. The molecule has 3 aliphatic rings. The SMILES string of the molecule is O=C1OC(=O)[C@H]2[C@@H]1[C@@]1(Cl)C(Cl)=C(Cl)[C@]2(Cl)C1(Cl)Cl. The van der Waals surface area contributed by atoms with E-state index in [2.05, 4.69) is 4.74 Å². The summed E-state index contributed by atoms with van der Waals surface area (Å²) < 4.78 is 2.63. The second kappa shape index (κ2) is 3.44. The fraction of sp³-hybridized carbons (Fsp3) is 0.556. The molecule has 4 atom stereocenters. The third kappa shape index (κ3) is 1.03. The van der Waals surface area contributed by atoms with E-state index >= 15 is 0 Å². The Labute approximate surface area is 131 Å². The molecule has 3 rings (SSSR count). The van der Waals surface area contributed by atoms with Gasteiger partial charge in [-0.25, -0.2) is 0 Å². The summed E-state index contributed by atoms with van der Waals surface area (Å²) in [6.07, 6.45) is 0. The van der Waals surface area contributed by atoms with Crippen molar-refractivity contribution in [1.29, 1.82) is 0 Å².